The van der Waals surface area contributed by atoms with Crippen LogP contribution in [0.1, 0.15) is 40.0 Å². The van der Waals surface area contributed by atoms with Crippen LogP contribution >= 0.6 is 0 Å². The van der Waals surface area contributed by atoms with Gasteiger partial charge in [0.25, 0.3) is 0 Å². The molecule has 138 valence electrons. The van der Waals surface area contributed by atoms with Gasteiger partial charge in [0.05, 0.1) is 7.11 Å². The summed E-state index contributed by atoms with van der Waals surface area (Å²) < 4.78 is 15.0. The van der Waals surface area contributed by atoms with Crippen molar-refractivity contribution in [3.8, 4) is 0 Å². The summed E-state index contributed by atoms with van der Waals surface area (Å²) in [4.78, 5) is 35.5. The molecule has 0 aromatic heterocycles. The van der Waals surface area contributed by atoms with E-state index in [0.717, 1.165) is 12.8 Å². The zero-order chi connectivity index (χ0) is 18.2. The molecule has 1 fully saturated rings. The summed E-state index contributed by atoms with van der Waals surface area (Å²) in [6.45, 7) is 6.29. The van der Waals surface area contributed by atoms with Gasteiger partial charge in [-0.25, -0.2) is 4.79 Å². The van der Waals surface area contributed by atoms with E-state index in [0.29, 0.717) is 19.6 Å². The third-order valence-electron chi connectivity index (χ3n) is 3.55. The van der Waals surface area contributed by atoms with Crippen LogP contribution in [0.4, 0.5) is 4.79 Å². The zero-order valence-electron chi connectivity index (χ0n) is 14.8. The van der Waals surface area contributed by atoms with Crippen molar-refractivity contribution in [3.63, 3.8) is 0 Å². The van der Waals surface area contributed by atoms with Crippen molar-refractivity contribution in [2.24, 2.45) is 5.92 Å². The Kier molecular flexibility index (Phi) is 7.97. The zero-order valence-corrected chi connectivity index (χ0v) is 14.8. The molecule has 0 spiro atoms. The Hall–Kier alpha value is -1.83. The molecule has 2 N–H and O–H groups in total. The van der Waals surface area contributed by atoms with Gasteiger partial charge in [0.2, 0.25) is 5.91 Å². The normalized spacial score (nSPS) is 16.8. The van der Waals surface area contributed by atoms with Crippen LogP contribution in [0.3, 0.4) is 0 Å². The molecule has 0 radical (unpaired) electrons. The Balaban J connectivity index is 2.64. The van der Waals surface area contributed by atoms with Crippen LogP contribution in [-0.2, 0) is 23.8 Å². The molecule has 0 saturated carbocycles. The Labute approximate surface area is 142 Å². The van der Waals surface area contributed by atoms with E-state index in [1.165, 1.54) is 7.11 Å². The number of nitrogens with one attached hydrogen (secondary N) is 2. The van der Waals surface area contributed by atoms with Crippen molar-refractivity contribution < 1.29 is 28.6 Å². The van der Waals surface area contributed by atoms with Gasteiger partial charge in [-0.05, 0) is 46.0 Å². The van der Waals surface area contributed by atoms with Crippen molar-refractivity contribution in [1.82, 2.24) is 10.6 Å². The predicted octanol–water partition coefficient (Wildman–Crippen LogP) is 0.986. The van der Waals surface area contributed by atoms with Gasteiger partial charge in [-0.2, -0.15) is 0 Å². The summed E-state index contributed by atoms with van der Waals surface area (Å²) in [5.74, 6) is -0.717. The lowest BCUT2D eigenvalue weighted by Crippen LogP contribution is -2.50. The lowest BCUT2D eigenvalue weighted by Gasteiger charge is -2.27. The van der Waals surface area contributed by atoms with Gasteiger partial charge in [-0.15, -0.1) is 0 Å². The number of methoxy groups -OCH3 is 1. The van der Waals surface area contributed by atoms with Gasteiger partial charge >= 0.3 is 12.1 Å². The highest BCUT2D eigenvalue weighted by Gasteiger charge is 2.28. The number of carbonyl (C=O) groups excluding carboxylic acids is 3. The van der Waals surface area contributed by atoms with Gasteiger partial charge in [0.15, 0.2) is 0 Å². The Morgan fingerprint density at radius 2 is 1.83 bits per heavy atom. The fraction of sp³-hybridized carbons (Fsp3) is 0.812. The van der Waals surface area contributed by atoms with Crippen LogP contribution in [0.15, 0.2) is 0 Å². The molecule has 0 bridgehead atoms. The standard InChI is InChI=1S/C16H28N2O6/c1-16(2,3)24-15(21)18-12(9-11-5-7-23-8-6-11)14(20)17-10-13(19)22-4/h11-12H,5-10H2,1-4H3,(H,17,20)(H,18,21). The molecule has 1 aliphatic heterocycles. The summed E-state index contributed by atoms with van der Waals surface area (Å²) >= 11 is 0. The smallest absolute Gasteiger partial charge is 0.408 e. The second-order valence-electron chi connectivity index (χ2n) is 6.78. The van der Waals surface area contributed by atoms with Crippen LogP contribution in [-0.4, -0.2) is 56.5 Å². The minimum absolute atomic E-state index is 0.240. The molecule has 1 saturated heterocycles. The van der Waals surface area contributed by atoms with E-state index in [2.05, 4.69) is 15.4 Å². The highest BCUT2D eigenvalue weighted by molar-refractivity contribution is 5.88. The molecule has 0 aliphatic carbocycles. The molecule has 0 aromatic carbocycles. The van der Waals surface area contributed by atoms with E-state index in [1.807, 2.05) is 0 Å². The minimum Gasteiger partial charge on any atom is -0.468 e. The van der Waals surface area contributed by atoms with Crippen molar-refractivity contribution in [2.75, 3.05) is 26.9 Å². The van der Waals surface area contributed by atoms with E-state index in [4.69, 9.17) is 9.47 Å². The number of hydrogen-bond acceptors (Lipinski definition) is 6. The number of esters is 1. The molecule has 1 aliphatic rings. The molecule has 8 heteroatoms. The molecule has 1 atom stereocenters. The maximum atomic E-state index is 12.3. The average Bonchev–Trinajstić information content (AvgIpc) is 2.50. The van der Waals surface area contributed by atoms with Gasteiger partial charge in [-0.1, -0.05) is 0 Å². The second kappa shape index (κ2) is 9.46. The average molecular weight is 344 g/mol. The third kappa shape index (κ3) is 8.14. The monoisotopic (exact) mass is 344 g/mol. The number of amides is 2. The quantitative estimate of drug-likeness (QED) is 0.697. The van der Waals surface area contributed by atoms with Gasteiger partial charge in [0, 0.05) is 13.2 Å². The van der Waals surface area contributed by atoms with Crippen molar-refractivity contribution in [3.05, 3.63) is 0 Å². The molecular weight excluding hydrogens is 316 g/mol. The first-order chi connectivity index (χ1) is 11.2. The summed E-state index contributed by atoms with van der Waals surface area (Å²) in [6.07, 6.45) is 1.47. The Bertz CT molecular complexity index is 440. The number of ether oxygens (including phenoxy) is 3. The molecule has 1 unspecified atom stereocenters. The number of hydrogen-bond donors (Lipinski definition) is 2. The molecular formula is C16H28N2O6. The van der Waals surface area contributed by atoms with Crippen LogP contribution in [0.5, 0.6) is 0 Å². The fourth-order valence-electron chi connectivity index (χ4n) is 2.35. The minimum atomic E-state index is -0.771. The van der Waals surface area contributed by atoms with E-state index >= 15 is 0 Å². The fourth-order valence-corrected chi connectivity index (χ4v) is 2.35. The lowest BCUT2D eigenvalue weighted by molar-refractivity contribution is -0.141. The highest BCUT2D eigenvalue weighted by Crippen LogP contribution is 2.20. The van der Waals surface area contributed by atoms with Gasteiger partial charge < -0.3 is 24.8 Å². The summed E-state index contributed by atoms with van der Waals surface area (Å²) in [6, 6.07) is -0.771. The number of carbonyl (C=O) groups is 3. The molecule has 24 heavy (non-hydrogen) atoms. The second-order valence-corrected chi connectivity index (χ2v) is 6.78. The number of rotatable bonds is 6. The molecule has 0 aromatic rings. The first-order valence-electron chi connectivity index (χ1n) is 8.13. The van der Waals surface area contributed by atoms with E-state index in [1.54, 1.807) is 20.8 Å². The first-order valence-corrected chi connectivity index (χ1v) is 8.13. The number of alkyl carbamates (subject to hydrolysis) is 1. The van der Waals surface area contributed by atoms with E-state index < -0.39 is 29.6 Å². The lowest BCUT2D eigenvalue weighted by atomic mass is 9.92. The Morgan fingerprint density at radius 1 is 1.21 bits per heavy atom. The summed E-state index contributed by atoms with van der Waals surface area (Å²) in [5, 5.41) is 5.07. The SMILES string of the molecule is COC(=O)CNC(=O)C(CC1CCOCC1)NC(=O)OC(C)(C)C. The van der Waals surface area contributed by atoms with Crippen molar-refractivity contribution in [2.45, 2.75) is 51.7 Å². The third-order valence-corrected chi connectivity index (χ3v) is 3.55. The molecule has 8 nitrogen and oxygen atoms in total. The maximum Gasteiger partial charge on any atom is 0.408 e. The summed E-state index contributed by atoms with van der Waals surface area (Å²) in [5.41, 5.74) is -0.657. The van der Waals surface area contributed by atoms with E-state index in [-0.39, 0.29) is 12.5 Å². The van der Waals surface area contributed by atoms with E-state index in [9.17, 15) is 14.4 Å². The summed E-state index contributed by atoms with van der Waals surface area (Å²) in [7, 11) is 1.24. The van der Waals surface area contributed by atoms with Crippen LogP contribution < -0.4 is 10.6 Å². The van der Waals surface area contributed by atoms with Gasteiger partial charge in [-0.3, -0.25) is 9.59 Å². The van der Waals surface area contributed by atoms with Crippen molar-refractivity contribution in [1.29, 1.82) is 0 Å². The highest BCUT2D eigenvalue weighted by atomic mass is 16.6. The van der Waals surface area contributed by atoms with Crippen LogP contribution in [0.25, 0.3) is 0 Å². The predicted molar refractivity (Wildman–Crippen MR) is 86.3 cm³/mol. The first kappa shape index (κ1) is 20.2. The van der Waals surface area contributed by atoms with Crippen molar-refractivity contribution >= 4 is 18.0 Å². The largest absolute Gasteiger partial charge is 0.468 e. The molecule has 1 heterocycles. The topological polar surface area (TPSA) is 103 Å². The Morgan fingerprint density at radius 3 is 2.38 bits per heavy atom. The van der Waals surface area contributed by atoms with Crippen LogP contribution in [0.2, 0.25) is 0 Å². The molecule has 1 rings (SSSR count). The molecule has 2 amide bonds. The maximum absolute atomic E-state index is 12.3. The van der Waals surface area contributed by atoms with Gasteiger partial charge in [0.1, 0.15) is 18.2 Å². The van der Waals surface area contributed by atoms with Crippen LogP contribution in [0, 0.1) is 5.92 Å².